The number of ether oxygens (including phenoxy) is 2. The van der Waals surface area contributed by atoms with E-state index in [-0.39, 0.29) is 6.61 Å². The van der Waals surface area contributed by atoms with Gasteiger partial charge in [-0.2, -0.15) is 5.26 Å². The lowest BCUT2D eigenvalue weighted by Gasteiger charge is -2.11. The Balaban J connectivity index is 1.31. The zero-order valence-corrected chi connectivity index (χ0v) is 18.1. The summed E-state index contributed by atoms with van der Waals surface area (Å²) in [7, 11) is 0. The third-order valence-corrected chi connectivity index (χ3v) is 4.87. The number of hydrogen-bond acceptors (Lipinski definition) is 6. The van der Waals surface area contributed by atoms with Gasteiger partial charge in [0.1, 0.15) is 24.1 Å². The van der Waals surface area contributed by atoms with Crippen molar-refractivity contribution in [1.29, 1.82) is 5.26 Å². The second-order valence-electron chi connectivity index (χ2n) is 7.20. The van der Waals surface area contributed by atoms with Gasteiger partial charge in [-0.15, -0.1) is 0 Å². The van der Waals surface area contributed by atoms with Crippen molar-refractivity contribution in [3.8, 4) is 11.8 Å². The molecule has 0 fully saturated rings. The molecule has 2 aromatic heterocycles. The molecule has 1 amide bonds. The molecule has 4 rings (SSSR count). The van der Waals surface area contributed by atoms with Crippen LogP contribution < -0.4 is 15.4 Å². The van der Waals surface area contributed by atoms with Crippen molar-refractivity contribution in [2.45, 2.75) is 20.1 Å². The van der Waals surface area contributed by atoms with Crippen molar-refractivity contribution in [2.24, 2.45) is 0 Å². The van der Waals surface area contributed by atoms with Crippen LogP contribution in [0.25, 0.3) is 5.65 Å². The van der Waals surface area contributed by atoms with Crippen LogP contribution in [0, 0.1) is 11.3 Å². The van der Waals surface area contributed by atoms with Crippen molar-refractivity contribution >= 4 is 23.1 Å². The number of hydrogen-bond donors (Lipinski definition) is 2. The number of carbonyl (C=O) groups is 1. The quantitative estimate of drug-likeness (QED) is 0.401. The Labute approximate surface area is 191 Å². The lowest BCUT2D eigenvalue weighted by molar-refractivity contribution is 0.168. The predicted octanol–water partition coefficient (Wildman–Crippen LogP) is 4.97. The normalized spacial score (nSPS) is 10.4. The summed E-state index contributed by atoms with van der Waals surface area (Å²) in [6.07, 6.45) is 3.33. The molecule has 4 aromatic rings. The van der Waals surface area contributed by atoms with E-state index < -0.39 is 6.09 Å². The number of nitrogens with zero attached hydrogens (tertiary/aromatic N) is 3. The number of anilines is 2. The Kier molecular flexibility index (Phi) is 6.71. The van der Waals surface area contributed by atoms with Crippen LogP contribution in [-0.2, 0) is 17.9 Å². The zero-order valence-electron chi connectivity index (χ0n) is 18.1. The number of pyridine rings is 1. The highest BCUT2D eigenvalue weighted by Gasteiger charge is 2.08. The van der Waals surface area contributed by atoms with E-state index in [9.17, 15) is 10.1 Å². The highest BCUT2D eigenvalue weighted by molar-refractivity contribution is 5.87. The van der Waals surface area contributed by atoms with E-state index in [2.05, 4.69) is 21.7 Å². The van der Waals surface area contributed by atoms with E-state index in [4.69, 9.17) is 9.47 Å². The fraction of sp³-hybridized carbons (Fsp3) is 0.160. The highest BCUT2D eigenvalue weighted by Crippen LogP contribution is 2.21. The van der Waals surface area contributed by atoms with Crippen LogP contribution in [0.4, 0.5) is 16.2 Å². The molecule has 0 spiro atoms. The molecule has 0 aliphatic heterocycles. The first kappa shape index (κ1) is 21.7. The fourth-order valence-electron chi connectivity index (χ4n) is 3.25. The van der Waals surface area contributed by atoms with E-state index in [1.807, 2.05) is 59.3 Å². The van der Waals surface area contributed by atoms with Gasteiger partial charge in [0, 0.05) is 24.6 Å². The van der Waals surface area contributed by atoms with Gasteiger partial charge < -0.3 is 19.2 Å². The van der Waals surface area contributed by atoms with Crippen LogP contribution in [0.5, 0.6) is 5.75 Å². The monoisotopic (exact) mass is 441 g/mol. The molecule has 0 saturated heterocycles. The van der Waals surface area contributed by atoms with Gasteiger partial charge in [-0.1, -0.05) is 18.2 Å². The summed E-state index contributed by atoms with van der Waals surface area (Å²) >= 11 is 0. The van der Waals surface area contributed by atoms with E-state index in [1.165, 1.54) is 0 Å². The molecule has 2 aromatic carbocycles. The number of nitriles is 1. The minimum atomic E-state index is -0.585. The fourth-order valence-corrected chi connectivity index (χ4v) is 3.25. The SMILES string of the molecule is CCOC(=O)Nc1ccc(NCc2ccc(OCc3cn4ccccc4n3)cc2)cc1C#N. The molecule has 0 unspecified atom stereocenters. The standard InChI is InChI=1S/C25H23N5O3/c1-2-32-25(31)29-23-11-8-20(13-19(23)14-26)27-15-18-6-9-22(10-7-18)33-17-21-16-30-12-4-3-5-24(30)28-21/h3-13,16,27H,2,15,17H2,1H3,(H,29,31). The molecule has 2 N–H and O–H groups in total. The van der Waals surface area contributed by atoms with Crippen LogP contribution in [0.1, 0.15) is 23.7 Å². The third kappa shape index (κ3) is 5.60. The highest BCUT2D eigenvalue weighted by atomic mass is 16.5. The summed E-state index contributed by atoms with van der Waals surface area (Å²) in [5.41, 5.74) is 4.34. The Morgan fingerprint density at radius 1 is 1.15 bits per heavy atom. The number of fused-ring (bicyclic) bond motifs is 1. The molecule has 166 valence electrons. The van der Waals surface area contributed by atoms with Crippen molar-refractivity contribution in [3.05, 3.63) is 89.9 Å². The van der Waals surface area contributed by atoms with E-state index in [1.54, 1.807) is 25.1 Å². The van der Waals surface area contributed by atoms with Gasteiger partial charge in [-0.3, -0.25) is 5.32 Å². The summed E-state index contributed by atoms with van der Waals surface area (Å²) in [5.74, 6) is 0.761. The average molecular weight is 441 g/mol. The first-order chi connectivity index (χ1) is 16.1. The van der Waals surface area contributed by atoms with Crippen molar-refractivity contribution < 1.29 is 14.3 Å². The maximum atomic E-state index is 11.6. The van der Waals surface area contributed by atoms with Crippen LogP contribution in [0.2, 0.25) is 0 Å². The largest absolute Gasteiger partial charge is 0.487 e. The van der Waals surface area contributed by atoms with E-state index >= 15 is 0 Å². The number of benzene rings is 2. The molecule has 0 aliphatic carbocycles. The van der Waals surface area contributed by atoms with Gasteiger partial charge >= 0.3 is 6.09 Å². The van der Waals surface area contributed by atoms with Crippen molar-refractivity contribution in [2.75, 3.05) is 17.2 Å². The first-order valence-corrected chi connectivity index (χ1v) is 10.5. The Morgan fingerprint density at radius 2 is 2.00 bits per heavy atom. The van der Waals surface area contributed by atoms with Gasteiger partial charge in [-0.25, -0.2) is 9.78 Å². The van der Waals surface area contributed by atoms with E-state index in [0.29, 0.717) is 24.4 Å². The molecule has 33 heavy (non-hydrogen) atoms. The maximum absolute atomic E-state index is 11.6. The van der Waals surface area contributed by atoms with Gasteiger partial charge in [0.15, 0.2) is 0 Å². The second kappa shape index (κ2) is 10.2. The molecule has 0 bridgehead atoms. The lowest BCUT2D eigenvalue weighted by Crippen LogP contribution is -2.14. The van der Waals surface area contributed by atoms with E-state index in [0.717, 1.165) is 28.3 Å². The van der Waals surface area contributed by atoms with Crippen molar-refractivity contribution in [3.63, 3.8) is 0 Å². The second-order valence-corrected chi connectivity index (χ2v) is 7.20. The molecule has 0 radical (unpaired) electrons. The summed E-state index contributed by atoms with van der Waals surface area (Å²) in [5, 5.41) is 15.2. The zero-order chi connectivity index (χ0) is 23.0. The first-order valence-electron chi connectivity index (χ1n) is 10.5. The summed E-state index contributed by atoms with van der Waals surface area (Å²) in [6.45, 7) is 2.94. The summed E-state index contributed by atoms with van der Waals surface area (Å²) in [4.78, 5) is 16.1. The molecule has 0 saturated carbocycles. The Morgan fingerprint density at radius 3 is 2.76 bits per heavy atom. The van der Waals surface area contributed by atoms with Gasteiger partial charge in [-0.05, 0) is 55.0 Å². The third-order valence-electron chi connectivity index (χ3n) is 4.87. The van der Waals surface area contributed by atoms with Gasteiger partial charge in [0.05, 0.1) is 23.6 Å². The predicted molar refractivity (Wildman–Crippen MR) is 125 cm³/mol. The number of aromatic nitrogens is 2. The summed E-state index contributed by atoms with van der Waals surface area (Å²) < 4.78 is 12.7. The Bertz CT molecular complexity index is 1260. The Hall–Kier alpha value is -4.51. The molecule has 0 atom stereocenters. The van der Waals surface area contributed by atoms with Gasteiger partial charge in [0.2, 0.25) is 0 Å². The maximum Gasteiger partial charge on any atom is 0.411 e. The number of carbonyl (C=O) groups excluding carboxylic acids is 1. The number of rotatable bonds is 8. The summed E-state index contributed by atoms with van der Waals surface area (Å²) in [6, 6.07) is 20.9. The molecule has 0 aliphatic rings. The molecular weight excluding hydrogens is 418 g/mol. The minimum Gasteiger partial charge on any atom is -0.487 e. The number of nitrogens with one attached hydrogen (secondary N) is 2. The number of amides is 1. The molecule has 8 heteroatoms. The molecule has 2 heterocycles. The minimum absolute atomic E-state index is 0.262. The topological polar surface area (TPSA) is 101 Å². The van der Waals surface area contributed by atoms with Crippen LogP contribution in [-0.4, -0.2) is 22.1 Å². The van der Waals surface area contributed by atoms with Crippen LogP contribution in [0.3, 0.4) is 0 Å². The smallest absolute Gasteiger partial charge is 0.411 e. The van der Waals surface area contributed by atoms with Gasteiger partial charge in [0.25, 0.3) is 0 Å². The van der Waals surface area contributed by atoms with Crippen LogP contribution >= 0.6 is 0 Å². The average Bonchev–Trinajstić information content (AvgIpc) is 3.26. The molecule has 8 nitrogen and oxygen atoms in total. The lowest BCUT2D eigenvalue weighted by atomic mass is 10.1. The van der Waals surface area contributed by atoms with Crippen LogP contribution in [0.15, 0.2) is 73.1 Å². The molecular formula is C25H23N5O3. The van der Waals surface area contributed by atoms with Crippen molar-refractivity contribution in [1.82, 2.24) is 9.38 Å². The number of imidazole rings is 1.